The van der Waals surface area contributed by atoms with Crippen molar-refractivity contribution in [1.29, 1.82) is 0 Å². The van der Waals surface area contributed by atoms with Crippen LogP contribution >= 0.6 is 0 Å². The number of nitrogens with one attached hydrogen (secondary N) is 1. The molecule has 2 aromatic heterocycles. The fourth-order valence-electron chi connectivity index (χ4n) is 2.26. The molecule has 1 fully saturated rings. The first kappa shape index (κ1) is 13.4. The van der Waals surface area contributed by atoms with Gasteiger partial charge in [-0.25, -0.2) is 0 Å². The van der Waals surface area contributed by atoms with Crippen molar-refractivity contribution in [1.82, 2.24) is 15.3 Å². The summed E-state index contributed by atoms with van der Waals surface area (Å²) < 4.78 is 0. The lowest BCUT2D eigenvalue weighted by Gasteiger charge is -2.18. The first-order valence-corrected chi connectivity index (χ1v) is 6.79. The van der Waals surface area contributed by atoms with E-state index >= 15 is 0 Å². The molecule has 4 heteroatoms. The molecule has 1 N–H and O–H groups in total. The third-order valence-corrected chi connectivity index (χ3v) is 3.26. The predicted octanol–water partition coefficient (Wildman–Crippen LogP) is 2.12. The van der Waals surface area contributed by atoms with Crippen LogP contribution in [-0.4, -0.2) is 28.8 Å². The highest BCUT2D eigenvalue weighted by molar-refractivity contribution is 6.14. The molecule has 4 nitrogen and oxygen atoms in total. The van der Waals surface area contributed by atoms with E-state index in [2.05, 4.69) is 15.3 Å². The number of hydrogen-bond donors (Lipinski definition) is 1. The van der Waals surface area contributed by atoms with Crippen LogP contribution in [0.25, 0.3) is 12.2 Å². The van der Waals surface area contributed by atoms with Gasteiger partial charge >= 0.3 is 0 Å². The van der Waals surface area contributed by atoms with Gasteiger partial charge in [-0.2, -0.15) is 0 Å². The lowest BCUT2D eigenvalue weighted by Crippen LogP contribution is -2.32. The van der Waals surface area contributed by atoms with Gasteiger partial charge in [0.25, 0.3) is 0 Å². The molecule has 0 bridgehead atoms. The van der Waals surface area contributed by atoms with Gasteiger partial charge in [-0.1, -0.05) is 12.1 Å². The fraction of sp³-hybridized carbons (Fsp3) is 0.118. The van der Waals surface area contributed by atoms with Crippen LogP contribution in [0.4, 0.5) is 0 Å². The van der Waals surface area contributed by atoms with Crippen LogP contribution in [0.15, 0.2) is 60.2 Å². The van der Waals surface area contributed by atoms with E-state index in [0.29, 0.717) is 13.1 Å². The minimum atomic E-state index is 0.0847. The number of aromatic nitrogens is 2. The number of ketones is 1. The first-order valence-electron chi connectivity index (χ1n) is 6.79. The SMILES string of the molecule is O=C1/C(=C/c2cccnc2)CNC/C1=C\c1cccnc1. The molecule has 1 aliphatic heterocycles. The van der Waals surface area contributed by atoms with Crippen molar-refractivity contribution < 1.29 is 4.79 Å². The molecule has 104 valence electrons. The molecule has 2 aromatic rings. The highest BCUT2D eigenvalue weighted by Crippen LogP contribution is 2.16. The molecular formula is C17H15N3O. The molecule has 1 saturated heterocycles. The fourth-order valence-corrected chi connectivity index (χ4v) is 2.26. The van der Waals surface area contributed by atoms with Crippen molar-refractivity contribution in [2.45, 2.75) is 0 Å². The summed E-state index contributed by atoms with van der Waals surface area (Å²) in [5.41, 5.74) is 3.38. The Morgan fingerprint density at radius 1 is 0.905 bits per heavy atom. The second-order valence-corrected chi connectivity index (χ2v) is 4.84. The number of pyridine rings is 2. The normalized spacial score (nSPS) is 19.1. The quantitative estimate of drug-likeness (QED) is 0.854. The van der Waals surface area contributed by atoms with Gasteiger partial charge < -0.3 is 5.32 Å². The Hall–Kier alpha value is -2.59. The molecule has 3 heterocycles. The highest BCUT2D eigenvalue weighted by Gasteiger charge is 2.19. The molecule has 0 aliphatic carbocycles. The molecule has 0 aromatic carbocycles. The van der Waals surface area contributed by atoms with Crippen molar-refractivity contribution in [3.63, 3.8) is 0 Å². The maximum absolute atomic E-state index is 12.5. The van der Waals surface area contributed by atoms with E-state index in [1.807, 2.05) is 36.4 Å². The molecule has 3 rings (SSSR count). The lowest BCUT2D eigenvalue weighted by atomic mass is 9.96. The Morgan fingerprint density at radius 2 is 1.43 bits per heavy atom. The van der Waals surface area contributed by atoms with Gasteiger partial charge in [-0.05, 0) is 35.4 Å². The second kappa shape index (κ2) is 6.24. The Balaban J connectivity index is 1.88. The number of rotatable bonds is 2. The average Bonchev–Trinajstić information content (AvgIpc) is 2.53. The van der Waals surface area contributed by atoms with E-state index in [9.17, 15) is 4.79 Å². The van der Waals surface area contributed by atoms with Crippen LogP contribution in [0.5, 0.6) is 0 Å². The number of Topliss-reactive ketones (excluding diaryl/α,β-unsaturated/α-hetero) is 1. The molecule has 0 radical (unpaired) electrons. The maximum Gasteiger partial charge on any atom is 0.187 e. The number of nitrogens with zero attached hydrogens (tertiary/aromatic N) is 2. The van der Waals surface area contributed by atoms with Gasteiger partial charge in [0.05, 0.1) is 0 Å². The molecule has 0 amide bonds. The molecule has 0 unspecified atom stereocenters. The van der Waals surface area contributed by atoms with Gasteiger partial charge in [0, 0.05) is 49.0 Å². The van der Waals surface area contributed by atoms with Gasteiger partial charge in [0.2, 0.25) is 0 Å². The molecule has 0 atom stereocenters. The minimum absolute atomic E-state index is 0.0847. The molecule has 1 aliphatic rings. The summed E-state index contributed by atoms with van der Waals surface area (Å²) in [6.07, 6.45) is 10.7. The molecular weight excluding hydrogens is 262 g/mol. The number of carbonyl (C=O) groups excluding carboxylic acids is 1. The van der Waals surface area contributed by atoms with E-state index < -0.39 is 0 Å². The summed E-state index contributed by atoms with van der Waals surface area (Å²) >= 11 is 0. The Kier molecular flexibility index (Phi) is 3.98. The molecule has 0 spiro atoms. The van der Waals surface area contributed by atoms with Crippen LogP contribution in [0.1, 0.15) is 11.1 Å². The summed E-state index contributed by atoms with van der Waals surface area (Å²) in [6, 6.07) is 7.60. The van der Waals surface area contributed by atoms with Crippen molar-refractivity contribution in [2.75, 3.05) is 13.1 Å². The Bertz CT molecular complexity index is 631. The maximum atomic E-state index is 12.5. The van der Waals surface area contributed by atoms with E-state index in [4.69, 9.17) is 0 Å². The largest absolute Gasteiger partial charge is 0.308 e. The predicted molar refractivity (Wildman–Crippen MR) is 82.3 cm³/mol. The average molecular weight is 277 g/mol. The standard InChI is InChI=1S/C17H15N3O/c21-17-15(7-13-3-1-5-18-9-13)11-20-12-16(17)8-14-4-2-6-19-10-14/h1-10,20H,11-12H2/b15-7+,16-8+. The summed E-state index contributed by atoms with van der Waals surface area (Å²) in [4.78, 5) is 20.6. The van der Waals surface area contributed by atoms with Crippen LogP contribution in [0.2, 0.25) is 0 Å². The molecule has 0 saturated carbocycles. The number of piperidine rings is 1. The smallest absolute Gasteiger partial charge is 0.187 e. The van der Waals surface area contributed by atoms with E-state index in [0.717, 1.165) is 22.3 Å². The Labute approximate surface area is 123 Å². The summed E-state index contributed by atoms with van der Waals surface area (Å²) in [5, 5.41) is 3.26. The topological polar surface area (TPSA) is 54.9 Å². The summed E-state index contributed by atoms with van der Waals surface area (Å²) in [7, 11) is 0. The third-order valence-electron chi connectivity index (χ3n) is 3.26. The number of carbonyl (C=O) groups is 1. The van der Waals surface area contributed by atoms with Crippen molar-refractivity contribution >= 4 is 17.9 Å². The zero-order valence-electron chi connectivity index (χ0n) is 11.5. The van der Waals surface area contributed by atoms with Crippen molar-refractivity contribution in [2.24, 2.45) is 0 Å². The van der Waals surface area contributed by atoms with Gasteiger partial charge in [-0.3, -0.25) is 14.8 Å². The summed E-state index contributed by atoms with van der Waals surface area (Å²) in [5.74, 6) is 0.0847. The van der Waals surface area contributed by atoms with Gasteiger partial charge in [0.1, 0.15) is 0 Å². The van der Waals surface area contributed by atoms with E-state index in [1.54, 1.807) is 24.8 Å². The van der Waals surface area contributed by atoms with Crippen LogP contribution in [0.3, 0.4) is 0 Å². The van der Waals surface area contributed by atoms with Crippen molar-refractivity contribution in [3.05, 3.63) is 71.3 Å². The van der Waals surface area contributed by atoms with Crippen LogP contribution < -0.4 is 5.32 Å². The Morgan fingerprint density at radius 3 is 1.86 bits per heavy atom. The van der Waals surface area contributed by atoms with Crippen LogP contribution in [-0.2, 0) is 4.79 Å². The highest BCUT2D eigenvalue weighted by atomic mass is 16.1. The molecule has 21 heavy (non-hydrogen) atoms. The lowest BCUT2D eigenvalue weighted by molar-refractivity contribution is -0.112. The van der Waals surface area contributed by atoms with Crippen LogP contribution in [0, 0.1) is 0 Å². The second-order valence-electron chi connectivity index (χ2n) is 4.84. The van der Waals surface area contributed by atoms with Crippen molar-refractivity contribution in [3.8, 4) is 0 Å². The van der Waals surface area contributed by atoms with Gasteiger partial charge in [-0.15, -0.1) is 0 Å². The zero-order chi connectivity index (χ0) is 14.5. The zero-order valence-corrected chi connectivity index (χ0v) is 11.5. The number of hydrogen-bond acceptors (Lipinski definition) is 4. The van der Waals surface area contributed by atoms with E-state index in [1.165, 1.54) is 0 Å². The minimum Gasteiger partial charge on any atom is -0.308 e. The van der Waals surface area contributed by atoms with Gasteiger partial charge in [0.15, 0.2) is 5.78 Å². The third kappa shape index (κ3) is 3.30. The van der Waals surface area contributed by atoms with E-state index in [-0.39, 0.29) is 5.78 Å². The first-order chi connectivity index (χ1) is 10.3. The monoisotopic (exact) mass is 277 g/mol. The summed E-state index contributed by atoms with van der Waals surface area (Å²) in [6.45, 7) is 1.16.